The van der Waals surface area contributed by atoms with E-state index in [1.54, 1.807) is 32.0 Å². The van der Waals surface area contributed by atoms with Crippen molar-refractivity contribution < 1.29 is 0 Å². The molecule has 0 spiro atoms. The molecule has 1 heterocycles. The lowest BCUT2D eigenvalue weighted by Gasteiger charge is -2.05. The summed E-state index contributed by atoms with van der Waals surface area (Å²) in [6.07, 6.45) is 0. The maximum atomic E-state index is 11.4. The Balaban J connectivity index is 2.24. The molecular formula is C12H11Cl2N5O. The van der Waals surface area contributed by atoms with Crippen molar-refractivity contribution >= 4 is 34.9 Å². The van der Waals surface area contributed by atoms with Crippen LogP contribution in [0.1, 0.15) is 18.2 Å². The Morgan fingerprint density at radius 1 is 1.35 bits per heavy atom. The lowest BCUT2D eigenvalue weighted by molar-refractivity contribution is 0.897. The molecule has 0 atom stereocenters. The lowest BCUT2D eigenvalue weighted by Crippen LogP contribution is -2.16. The number of rotatable bonds is 3. The summed E-state index contributed by atoms with van der Waals surface area (Å²) in [4.78, 5) is 13.9. The predicted molar refractivity (Wildman–Crippen MR) is 79.7 cm³/mol. The van der Waals surface area contributed by atoms with Crippen LogP contribution in [0.15, 0.2) is 28.1 Å². The first kappa shape index (κ1) is 14.5. The summed E-state index contributed by atoms with van der Waals surface area (Å²) in [5.41, 5.74) is 3.86. The fourth-order valence-corrected chi connectivity index (χ4v) is 1.84. The van der Waals surface area contributed by atoms with Crippen molar-refractivity contribution in [1.29, 1.82) is 0 Å². The lowest BCUT2D eigenvalue weighted by atomic mass is 10.1. The van der Waals surface area contributed by atoms with Gasteiger partial charge < -0.3 is 0 Å². The number of hydrogen-bond donors (Lipinski definition) is 2. The number of benzene rings is 1. The Bertz CT molecular complexity index is 726. The van der Waals surface area contributed by atoms with Gasteiger partial charge in [0, 0.05) is 15.6 Å². The molecule has 6 nitrogen and oxygen atoms in total. The highest BCUT2D eigenvalue weighted by molar-refractivity contribution is 6.36. The molecule has 0 unspecified atom stereocenters. The Morgan fingerprint density at radius 3 is 2.80 bits per heavy atom. The van der Waals surface area contributed by atoms with Crippen LogP contribution in [0.3, 0.4) is 0 Å². The molecule has 0 amide bonds. The van der Waals surface area contributed by atoms with Crippen molar-refractivity contribution in [3.8, 4) is 0 Å². The van der Waals surface area contributed by atoms with E-state index in [0.29, 0.717) is 21.3 Å². The molecule has 0 saturated heterocycles. The molecule has 8 heteroatoms. The van der Waals surface area contributed by atoms with Crippen LogP contribution >= 0.6 is 23.2 Å². The van der Waals surface area contributed by atoms with E-state index < -0.39 is 0 Å². The van der Waals surface area contributed by atoms with E-state index in [1.807, 2.05) is 0 Å². The standard InChI is InChI=1S/C12H11Cl2N5O/c1-6(9-5-8(13)3-4-10(9)14)16-18-12-15-11(20)7(2)17-19-12/h3-5H,1-2H3,(H2,15,18,19,20)/b16-6-. The van der Waals surface area contributed by atoms with Crippen molar-refractivity contribution in [3.05, 3.63) is 49.9 Å². The third kappa shape index (κ3) is 3.34. The fourth-order valence-electron chi connectivity index (χ4n) is 1.42. The van der Waals surface area contributed by atoms with Gasteiger partial charge in [-0.25, -0.2) is 5.43 Å². The van der Waals surface area contributed by atoms with E-state index in [1.165, 1.54) is 0 Å². The SMILES string of the molecule is C/C(=N/Nc1nnc(C)c(=O)[nH]1)c1cc(Cl)ccc1Cl. The first-order valence-electron chi connectivity index (χ1n) is 5.66. The quantitative estimate of drug-likeness (QED) is 0.674. The summed E-state index contributed by atoms with van der Waals surface area (Å²) < 4.78 is 0. The number of hydrazone groups is 1. The summed E-state index contributed by atoms with van der Waals surface area (Å²) in [7, 11) is 0. The Morgan fingerprint density at radius 2 is 2.10 bits per heavy atom. The van der Waals surface area contributed by atoms with E-state index in [4.69, 9.17) is 23.2 Å². The van der Waals surface area contributed by atoms with Gasteiger partial charge in [-0.05, 0) is 32.0 Å². The fraction of sp³-hybridized carbons (Fsp3) is 0.167. The molecule has 0 aliphatic heterocycles. The molecule has 0 radical (unpaired) electrons. The predicted octanol–water partition coefficient (Wildman–Crippen LogP) is 2.62. The molecule has 0 fully saturated rings. The van der Waals surface area contributed by atoms with E-state index in [2.05, 4.69) is 25.7 Å². The summed E-state index contributed by atoms with van der Waals surface area (Å²) in [5, 5.41) is 12.6. The van der Waals surface area contributed by atoms with Gasteiger partial charge in [0.25, 0.3) is 5.56 Å². The highest BCUT2D eigenvalue weighted by Gasteiger charge is 2.05. The van der Waals surface area contributed by atoms with Crippen LogP contribution in [0.4, 0.5) is 5.95 Å². The average molecular weight is 312 g/mol. The second-order valence-corrected chi connectivity index (χ2v) is 4.86. The van der Waals surface area contributed by atoms with Crippen LogP contribution in [0, 0.1) is 6.92 Å². The second-order valence-electron chi connectivity index (χ2n) is 4.02. The molecule has 0 aliphatic rings. The summed E-state index contributed by atoms with van der Waals surface area (Å²) in [6, 6.07) is 5.08. The van der Waals surface area contributed by atoms with Gasteiger partial charge in [0.05, 0.1) is 5.71 Å². The van der Waals surface area contributed by atoms with E-state index in [9.17, 15) is 4.79 Å². The molecule has 104 valence electrons. The monoisotopic (exact) mass is 311 g/mol. The number of nitrogens with zero attached hydrogens (tertiary/aromatic N) is 3. The van der Waals surface area contributed by atoms with Gasteiger partial charge >= 0.3 is 0 Å². The zero-order chi connectivity index (χ0) is 14.7. The van der Waals surface area contributed by atoms with E-state index >= 15 is 0 Å². The van der Waals surface area contributed by atoms with Crippen LogP contribution in [-0.4, -0.2) is 20.9 Å². The zero-order valence-electron chi connectivity index (χ0n) is 10.7. The van der Waals surface area contributed by atoms with Crippen molar-refractivity contribution in [2.45, 2.75) is 13.8 Å². The number of halogens is 2. The molecule has 2 N–H and O–H groups in total. The highest BCUT2D eigenvalue weighted by atomic mass is 35.5. The van der Waals surface area contributed by atoms with Gasteiger partial charge in [0.2, 0.25) is 5.95 Å². The first-order valence-corrected chi connectivity index (χ1v) is 6.42. The smallest absolute Gasteiger partial charge is 0.274 e. The molecular weight excluding hydrogens is 301 g/mol. The zero-order valence-corrected chi connectivity index (χ0v) is 12.2. The minimum atomic E-state index is -0.323. The minimum Gasteiger partial charge on any atom is -0.288 e. The maximum absolute atomic E-state index is 11.4. The molecule has 0 aliphatic carbocycles. The van der Waals surface area contributed by atoms with Gasteiger partial charge in [0.15, 0.2) is 0 Å². The molecule has 1 aromatic carbocycles. The van der Waals surface area contributed by atoms with E-state index in [0.717, 1.165) is 0 Å². The third-order valence-corrected chi connectivity index (χ3v) is 3.07. The normalized spacial score (nSPS) is 11.5. The summed E-state index contributed by atoms with van der Waals surface area (Å²) >= 11 is 12.0. The van der Waals surface area contributed by atoms with Gasteiger partial charge in [-0.1, -0.05) is 23.2 Å². The van der Waals surface area contributed by atoms with Crippen LogP contribution in [-0.2, 0) is 0 Å². The molecule has 2 aromatic rings. The molecule has 2 rings (SSSR count). The third-order valence-electron chi connectivity index (χ3n) is 2.51. The molecule has 1 aromatic heterocycles. The maximum Gasteiger partial charge on any atom is 0.274 e. The van der Waals surface area contributed by atoms with Gasteiger partial charge in [0.1, 0.15) is 5.69 Å². The number of aromatic amines is 1. The Kier molecular flexibility index (Phi) is 4.36. The van der Waals surface area contributed by atoms with Crippen molar-refractivity contribution in [2.75, 3.05) is 5.43 Å². The molecule has 20 heavy (non-hydrogen) atoms. The highest BCUT2D eigenvalue weighted by Crippen LogP contribution is 2.21. The number of anilines is 1. The van der Waals surface area contributed by atoms with E-state index in [-0.39, 0.29) is 17.2 Å². The first-order chi connectivity index (χ1) is 9.47. The van der Waals surface area contributed by atoms with Gasteiger partial charge in [-0.3, -0.25) is 9.78 Å². The molecule has 0 saturated carbocycles. The number of aryl methyl sites for hydroxylation is 1. The summed E-state index contributed by atoms with van der Waals surface area (Å²) in [6.45, 7) is 3.32. The van der Waals surface area contributed by atoms with Crippen LogP contribution < -0.4 is 11.0 Å². The van der Waals surface area contributed by atoms with Crippen molar-refractivity contribution in [1.82, 2.24) is 15.2 Å². The summed E-state index contributed by atoms with van der Waals surface area (Å²) in [5.74, 6) is 0.151. The van der Waals surface area contributed by atoms with Gasteiger partial charge in [-0.2, -0.15) is 5.10 Å². The van der Waals surface area contributed by atoms with Crippen LogP contribution in [0.2, 0.25) is 10.0 Å². The van der Waals surface area contributed by atoms with Crippen LogP contribution in [0.5, 0.6) is 0 Å². The average Bonchev–Trinajstić information content (AvgIpc) is 2.42. The van der Waals surface area contributed by atoms with Crippen molar-refractivity contribution in [3.63, 3.8) is 0 Å². The van der Waals surface area contributed by atoms with Crippen LogP contribution in [0.25, 0.3) is 0 Å². The van der Waals surface area contributed by atoms with Crippen molar-refractivity contribution in [2.24, 2.45) is 5.10 Å². The minimum absolute atomic E-state index is 0.151. The largest absolute Gasteiger partial charge is 0.288 e. The number of H-pyrrole nitrogens is 1. The van der Waals surface area contributed by atoms with Gasteiger partial charge in [-0.15, -0.1) is 10.2 Å². The Hall–Kier alpha value is -1.92. The molecule has 0 bridgehead atoms. The number of hydrogen-bond acceptors (Lipinski definition) is 5. The topological polar surface area (TPSA) is 83.0 Å². The number of aromatic nitrogens is 3. The number of nitrogens with one attached hydrogen (secondary N) is 2. The Labute approximate surface area is 124 Å². The second kappa shape index (κ2) is 6.02.